The number of ether oxygens (including phenoxy) is 1. The molecule has 1 aromatic heterocycles. The van der Waals surface area contributed by atoms with Crippen LogP contribution in [-0.2, 0) is 11.2 Å². The zero-order chi connectivity index (χ0) is 13.5. The summed E-state index contributed by atoms with van der Waals surface area (Å²) in [5, 5.41) is 4.68. The highest BCUT2D eigenvalue weighted by Gasteiger charge is 2.27. The largest absolute Gasteiger partial charge is 0.378 e. The summed E-state index contributed by atoms with van der Waals surface area (Å²) in [6, 6.07) is 8.95. The molecule has 4 rings (SSSR count). The van der Waals surface area contributed by atoms with E-state index in [0.717, 1.165) is 26.2 Å². The maximum Gasteiger partial charge on any atom is 0.113 e. The van der Waals surface area contributed by atoms with Crippen molar-refractivity contribution in [2.75, 3.05) is 19.8 Å². The van der Waals surface area contributed by atoms with E-state index in [1.54, 1.807) is 0 Å². The quantitative estimate of drug-likeness (QED) is 0.874. The minimum Gasteiger partial charge on any atom is -0.378 e. The minimum atomic E-state index is 0.266. The molecule has 0 saturated carbocycles. The number of fused-ring (bicyclic) bond motifs is 3. The van der Waals surface area contributed by atoms with Crippen molar-refractivity contribution in [2.45, 2.75) is 25.3 Å². The van der Waals surface area contributed by atoms with E-state index in [2.05, 4.69) is 36.5 Å². The lowest BCUT2D eigenvalue weighted by Gasteiger charge is -2.21. The van der Waals surface area contributed by atoms with E-state index >= 15 is 0 Å². The van der Waals surface area contributed by atoms with E-state index in [1.165, 1.54) is 26.7 Å². The van der Waals surface area contributed by atoms with E-state index in [1.807, 2.05) is 11.3 Å². The normalized spacial score (nSPS) is 25.1. The zero-order valence-electron chi connectivity index (χ0n) is 11.6. The Labute approximate surface area is 123 Å². The summed E-state index contributed by atoms with van der Waals surface area (Å²) in [6.45, 7) is 4.77. The van der Waals surface area contributed by atoms with Crippen LogP contribution in [0.4, 0.5) is 0 Å². The highest BCUT2D eigenvalue weighted by Crippen LogP contribution is 2.42. The number of thiazole rings is 1. The van der Waals surface area contributed by atoms with Crippen molar-refractivity contribution >= 4 is 11.3 Å². The van der Waals surface area contributed by atoms with Gasteiger partial charge in [0.2, 0.25) is 0 Å². The molecule has 1 aliphatic heterocycles. The van der Waals surface area contributed by atoms with Crippen LogP contribution >= 0.6 is 11.3 Å². The zero-order valence-corrected chi connectivity index (χ0v) is 12.4. The Morgan fingerprint density at radius 1 is 1.35 bits per heavy atom. The number of hydrogen-bond donors (Lipinski definition) is 1. The third kappa shape index (κ3) is 1.99. The van der Waals surface area contributed by atoms with Gasteiger partial charge in [0.1, 0.15) is 5.01 Å². The molecule has 1 saturated heterocycles. The van der Waals surface area contributed by atoms with Crippen molar-refractivity contribution in [1.82, 2.24) is 10.3 Å². The van der Waals surface area contributed by atoms with E-state index in [0.29, 0.717) is 5.92 Å². The molecular weight excluding hydrogens is 268 g/mol. The van der Waals surface area contributed by atoms with Crippen LogP contribution in [0.1, 0.15) is 34.3 Å². The number of rotatable bonds is 1. The van der Waals surface area contributed by atoms with Crippen LogP contribution in [0, 0.1) is 0 Å². The first-order valence-electron chi connectivity index (χ1n) is 7.23. The molecular formula is C16H18N2OS. The van der Waals surface area contributed by atoms with Gasteiger partial charge in [-0.3, -0.25) is 0 Å². The smallest absolute Gasteiger partial charge is 0.113 e. The Kier molecular flexibility index (Phi) is 3.10. The summed E-state index contributed by atoms with van der Waals surface area (Å²) in [6.07, 6.45) is 1.11. The predicted octanol–water partition coefficient (Wildman–Crippen LogP) is 3.13. The second-order valence-corrected chi connectivity index (χ2v) is 6.71. The second-order valence-electron chi connectivity index (χ2n) is 5.60. The highest BCUT2D eigenvalue weighted by atomic mass is 32.1. The summed E-state index contributed by atoms with van der Waals surface area (Å²) < 4.78 is 5.56. The van der Waals surface area contributed by atoms with Gasteiger partial charge in [0.25, 0.3) is 0 Å². The molecule has 1 aromatic carbocycles. The van der Waals surface area contributed by atoms with Gasteiger partial charge in [-0.1, -0.05) is 31.2 Å². The molecule has 2 atom stereocenters. The van der Waals surface area contributed by atoms with Crippen molar-refractivity contribution in [3.05, 3.63) is 39.7 Å². The van der Waals surface area contributed by atoms with Crippen LogP contribution < -0.4 is 5.32 Å². The Balaban J connectivity index is 1.76. The fourth-order valence-electron chi connectivity index (χ4n) is 3.12. The van der Waals surface area contributed by atoms with Crippen LogP contribution in [0.25, 0.3) is 11.3 Å². The van der Waals surface area contributed by atoms with Gasteiger partial charge in [-0.05, 0) is 17.9 Å². The number of morpholine rings is 1. The summed E-state index contributed by atoms with van der Waals surface area (Å²) >= 11 is 1.86. The molecule has 104 valence electrons. The van der Waals surface area contributed by atoms with Crippen molar-refractivity contribution in [3.63, 3.8) is 0 Å². The van der Waals surface area contributed by atoms with Gasteiger partial charge >= 0.3 is 0 Å². The fourth-order valence-corrected chi connectivity index (χ4v) is 4.39. The van der Waals surface area contributed by atoms with Gasteiger partial charge < -0.3 is 10.1 Å². The van der Waals surface area contributed by atoms with Gasteiger partial charge in [0.15, 0.2) is 0 Å². The lowest BCUT2D eigenvalue weighted by molar-refractivity contribution is 0.0768. The van der Waals surface area contributed by atoms with Crippen molar-refractivity contribution in [2.24, 2.45) is 0 Å². The molecule has 0 radical (unpaired) electrons. The fraction of sp³-hybridized carbons (Fsp3) is 0.438. The lowest BCUT2D eigenvalue weighted by atomic mass is 9.86. The van der Waals surface area contributed by atoms with E-state index < -0.39 is 0 Å². The molecule has 4 heteroatoms. The number of hydrogen-bond acceptors (Lipinski definition) is 4. The SMILES string of the molecule is CC1Cc2sc(C3COCCN3)nc2-c2ccccc21. The number of aromatic nitrogens is 1. The topological polar surface area (TPSA) is 34.1 Å². The number of nitrogens with one attached hydrogen (secondary N) is 1. The van der Waals surface area contributed by atoms with Gasteiger partial charge in [-0.2, -0.15) is 0 Å². The van der Waals surface area contributed by atoms with Gasteiger partial charge in [0, 0.05) is 17.0 Å². The van der Waals surface area contributed by atoms with Gasteiger partial charge in [-0.15, -0.1) is 11.3 Å². The molecule has 1 aliphatic carbocycles. The molecule has 2 heterocycles. The Hall–Kier alpha value is -1.23. The molecule has 2 aromatic rings. The van der Waals surface area contributed by atoms with Crippen molar-refractivity contribution in [1.29, 1.82) is 0 Å². The molecule has 0 bridgehead atoms. The lowest BCUT2D eigenvalue weighted by Crippen LogP contribution is -2.34. The summed E-state index contributed by atoms with van der Waals surface area (Å²) in [5.41, 5.74) is 3.95. The molecule has 2 aliphatic rings. The highest BCUT2D eigenvalue weighted by molar-refractivity contribution is 7.12. The molecule has 1 fully saturated rings. The third-order valence-corrected chi connectivity index (χ3v) is 5.36. The first-order chi connectivity index (χ1) is 9.83. The summed E-state index contributed by atoms with van der Waals surface area (Å²) in [7, 11) is 0. The predicted molar refractivity (Wildman–Crippen MR) is 81.2 cm³/mol. The van der Waals surface area contributed by atoms with Crippen LogP contribution in [0.2, 0.25) is 0 Å². The maximum atomic E-state index is 5.56. The van der Waals surface area contributed by atoms with Crippen LogP contribution in [0.3, 0.4) is 0 Å². The second kappa shape index (κ2) is 4.95. The molecule has 1 N–H and O–H groups in total. The van der Waals surface area contributed by atoms with Crippen LogP contribution in [-0.4, -0.2) is 24.7 Å². The molecule has 0 spiro atoms. The molecule has 20 heavy (non-hydrogen) atoms. The Morgan fingerprint density at radius 2 is 2.25 bits per heavy atom. The van der Waals surface area contributed by atoms with E-state index in [4.69, 9.17) is 9.72 Å². The monoisotopic (exact) mass is 286 g/mol. The third-order valence-electron chi connectivity index (χ3n) is 4.17. The maximum absolute atomic E-state index is 5.56. The van der Waals surface area contributed by atoms with Crippen molar-refractivity contribution in [3.8, 4) is 11.3 Å². The van der Waals surface area contributed by atoms with E-state index in [9.17, 15) is 0 Å². The summed E-state index contributed by atoms with van der Waals surface area (Å²) in [5.74, 6) is 0.586. The number of nitrogens with zero attached hydrogens (tertiary/aromatic N) is 1. The molecule has 3 nitrogen and oxygen atoms in total. The average Bonchev–Trinajstić information content (AvgIpc) is 2.93. The molecule has 0 amide bonds. The Morgan fingerprint density at radius 3 is 3.10 bits per heavy atom. The van der Waals surface area contributed by atoms with Crippen molar-refractivity contribution < 1.29 is 4.74 Å². The van der Waals surface area contributed by atoms with Gasteiger partial charge in [-0.25, -0.2) is 4.98 Å². The van der Waals surface area contributed by atoms with Crippen LogP contribution in [0.15, 0.2) is 24.3 Å². The van der Waals surface area contributed by atoms with Gasteiger partial charge in [0.05, 0.1) is 24.9 Å². The molecule has 2 unspecified atom stereocenters. The Bertz CT molecular complexity index is 631. The minimum absolute atomic E-state index is 0.266. The van der Waals surface area contributed by atoms with E-state index in [-0.39, 0.29) is 6.04 Å². The standard InChI is InChI=1S/C16H18N2OS/c1-10-8-14-15(12-5-3-2-4-11(10)12)18-16(20-14)13-9-19-7-6-17-13/h2-5,10,13,17H,6-9H2,1H3. The first kappa shape index (κ1) is 12.5. The summed E-state index contributed by atoms with van der Waals surface area (Å²) in [4.78, 5) is 6.36. The number of benzene rings is 1. The average molecular weight is 286 g/mol. The van der Waals surface area contributed by atoms with Crippen LogP contribution in [0.5, 0.6) is 0 Å². The first-order valence-corrected chi connectivity index (χ1v) is 8.04.